The first-order valence-corrected chi connectivity index (χ1v) is 12.5. The number of aromatic hydroxyl groups is 2. The first-order chi connectivity index (χ1) is 15.1. The van der Waals surface area contributed by atoms with Crippen LogP contribution in [0.3, 0.4) is 0 Å². The Hall–Kier alpha value is -1.97. The normalized spacial score (nSPS) is 15.0. The van der Waals surface area contributed by atoms with Crippen LogP contribution in [0.4, 0.5) is 0 Å². The zero-order valence-electron chi connectivity index (χ0n) is 20.9. The maximum absolute atomic E-state index is 11.7. The van der Waals surface area contributed by atoms with Gasteiger partial charge in [-0.1, -0.05) is 84.3 Å². The molecule has 0 fully saturated rings. The summed E-state index contributed by atoms with van der Waals surface area (Å²) in [5.41, 5.74) is 1.44. The predicted octanol–water partition coefficient (Wildman–Crippen LogP) is 8.04. The van der Waals surface area contributed by atoms with Gasteiger partial charge in [0.2, 0.25) is 0 Å². The number of carboxylic acids is 1. The van der Waals surface area contributed by atoms with E-state index in [4.69, 9.17) is 0 Å². The van der Waals surface area contributed by atoms with E-state index in [9.17, 15) is 20.1 Å². The van der Waals surface area contributed by atoms with Gasteiger partial charge in [-0.25, -0.2) is 0 Å². The van der Waals surface area contributed by atoms with Gasteiger partial charge < -0.3 is 15.3 Å². The highest BCUT2D eigenvalue weighted by molar-refractivity contribution is 5.77. The van der Waals surface area contributed by atoms with Gasteiger partial charge in [-0.05, 0) is 62.1 Å². The molecule has 0 aliphatic carbocycles. The molecular formula is C28H46O4. The van der Waals surface area contributed by atoms with Crippen LogP contribution in [0.1, 0.15) is 110 Å². The molecule has 0 aromatic heterocycles. The van der Waals surface area contributed by atoms with Gasteiger partial charge in [-0.3, -0.25) is 4.79 Å². The maximum atomic E-state index is 11.7. The molecule has 32 heavy (non-hydrogen) atoms. The van der Waals surface area contributed by atoms with Crippen LogP contribution in [0.5, 0.6) is 11.5 Å². The highest BCUT2D eigenvalue weighted by Gasteiger charge is 2.22. The first-order valence-electron chi connectivity index (χ1n) is 12.5. The third kappa shape index (κ3) is 11.6. The summed E-state index contributed by atoms with van der Waals surface area (Å²) in [5, 5.41) is 29.2. The van der Waals surface area contributed by atoms with Gasteiger partial charge in [0, 0.05) is 5.56 Å². The van der Waals surface area contributed by atoms with E-state index in [0.29, 0.717) is 6.42 Å². The number of hydrogen-bond donors (Lipinski definition) is 3. The molecular weight excluding hydrogens is 400 g/mol. The van der Waals surface area contributed by atoms with E-state index >= 15 is 0 Å². The lowest BCUT2D eigenvalue weighted by Crippen LogP contribution is -2.11. The van der Waals surface area contributed by atoms with E-state index in [2.05, 4.69) is 27.7 Å². The molecule has 0 radical (unpaired) electrons. The summed E-state index contributed by atoms with van der Waals surface area (Å²) in [6, 6.07) is 4.03. The minimum absolute atomic E-state index is 0.0382. The summed E-state index contributed by atoms with van der Waals surface area (Å²) in [4.78, 5) is 11.7. The first kappa shape index (κ1) is 28.1. The molecule has 0 amide bonds. The Labute approximate surface area is 195 Å². The van der Waals surface area contributed by atoms with Crippen LogP contribution < -0.4 is 0 Å². The lowest BCUT2D eigenvalue weighted by Gasteiger charge is -2.15. The molecule has 1 rings (SSSR count). The molecule has 4 heteroatoms. The molecule has 3 atom stereocenters. The predicted molar refractivity (Wildman–Crippen MR) is 133 cm³/mol. The van der Waals surface area contributed by atoms with Crippen molar-refractivity contribution in [1.82, 2.24) is 0 Å². The molecule has 0 bridgehead atoms. The van der Waals surface area contributed by atoms with Crippen molar-refractivity contribution < 1.29 is 20.1 Å². The van der Waals surface area contributed by atoms with Crippen LogP contribution >= 0.6 is 0 Å². The molecule has 0 spiro atoms. The summed E-state index contributed by atoms with van der Waals surface area (Å²) in [7, 11) is 0. The summed E-state index contributed by atoms with van der Waals surface area (Å²) in [5.74, 6) is 0.378. The average Bonchev–Trinajstić information content (AvgIpc) is 2.70. The highest BCUT2D eigenvalue weighted by atomic mass is 16.4. The lowest BCUT2D eigenvalue weighted by atomic mass is 9.91. The summed E-state index contributed by atoms with van der Waals surface area (Å²) in [6.45, 7) is 11.4. The van der Waals surface area contributed by atoms with Crippen molar-refractivity contribution in [2.24, 2.45) is 17.8 Å². The number of phenolic OH excluding ortho intramolecular Hbond substituents is 2. The van der Waals surface area contributed by atoms with E-state index < -0.39 is 11.9 Å². The topological polar surface area (TPSA) is 77.8 Å². The van der Waals surface area contributed by atoms with E-state index in [1.54, 1.807) is 0 Å². The molecule has 3 N–H and O–H groups in total. The molecule has 0 heterocycles. The SMILES string of the molecule is C/C(=C\CC(C(=O)O)c1cc(O)ccc1O)CCC[C@H](C)CCC[C@H](C)CCCC(C)C. The second kappa shape index (κ2) is 15.0. The van der Waals surface area contributed by atoms with E-state index in [1.807, 2.05) is 13.0 Å². The number of carboxylic acid groups (broad SMARTS) is 1. The van der Waals surface area contributed by atoms with E-state index in [-0.39, 0.29) is 17.1 Å². The van der Waals surface area contributed by atoms with Gasteiger partial charge in [0.05, 0.1) is 5.92 Å². The van der Waals surface area contributed by atoms with Gasteiger partial charge >= 0.3 is 5.97 Å². The highest BCUT2D eigenvalue weighted by Crippen LogP contribution is 2.32. The zero-order chi connectivity index (χ0) is 24.1. The largest absolute Gasteiger partial charge is 0.508 e. The second-order valence-electron chi connectivity index (χ2n) is 10.3. The van der Waals surface area contributed by atoms with Crippen molar-refractivity contribution >= 4 is 5.97 Å². The fraction of sp³-hybridized carbons (Fsp3) is 0.679. The van der Waals surface area contributed by atoms with Crippen LogP contribution in [0.2, 0.25) is 0 Å². The standard InChI is InChI=1S/C28H46O4/c1-20(2)9-6-10-21(3)11-7-12-22(4)13-8-14-23(5)15-17-25(28(31)32)26-19-24(29)16-18-27(26)30/h15-16,18-22,25,29-30H,6-14,17H2,1-5H3,(H,31,32)/b23-15+/t21-,22-,25?/m1/s1. The Balaban J connectivity index is 2.34. The number of rotatable bonds is 16. The Morgan fingerprint density at radius 2 is 1.47 bits per heavy atom. The minimum Gasteiger partial charge on any atom is -0.508 e. The molecule has 0 aliphatic rings. The number of benzene rings is 1. The van der Waals surface area contributed by atoms with Crippen molar-refractivity contribution in [3.05, 3.63) is 35.4 Å². The quantitative estimate of drug-likeness (QED) is 0.177. The van der Waals surface area contributed by atoms with Gasteiger partial charge in [0.25, 0.3) is 0 Å². The third-order valence-electron chi connectivity index (χ3n) is 6.53. The fourth-order valence-corrected chi connectivity index (χ4v) is 4.31. The summed E-state index contributed by atoms with van der Waals surface area (Å²) < 4.78 is 0. The van der Waals surface area contributed by atoms with Crippen LogP contribution in [0.25, 0.3) is 0 Å². The van der Waals surface area contributed by atoms with E-state index in [1.165, 1.54) is 68.7 Å². The van der Waals surface area contributed by atoms with Crippen molar-refractivity contribution in [3.8, 4) is 11.5 Å². The van der Waals surface area contributed by atoms with Crippen molar-refractivity contribution in [2.45, 2.75) is 105 Å². The number of hydrogen-bond acceptors (Lipinski definition) is 3. The van der Waals surface area contributed by atoms with Gasteiger partial charge in [-0.15, -0.1) is 0 Å². The summed E-state index contributed by atoms with van der Waals surface area (Å²) in [6.07, 6.45) is 13.5. The van der Waals surface area contributed by atoms with E-state index in [0.717, 1.165) is 30.6 Å². The van der Waals surface area contributed by atoms with Gasteiger partial charge in [-0.2, -0.15) is 0 Å². The molecule has 1 aromatic rings. The number of allylic oxidation sites excluding steroid dienone is 2. The number of aliphatic carboxylic acids is 1. The number of phenols is 2. The molecule has 0 saturated heterocycles. The fourth-order valence-electron chi connectivity index (χ4n) is 4.31. The maximum Gasteiger partial charge on any atom is 0.311 e. The Morgan fingerprint density at radius 3 is 2.03 bits per heavy atom. The molecule has 4 nitrogen and oxygen atoms in total. The molecule has 0 aliphatic heterocycles. The monoisotopic (exact) mass is 446 g/mol. The Bertz CT molecular complexity index is 707. The molecule has 0 saturated carbocycles. The molecule has 1 aromatic carbocycles. The van der Waals surface area contributed by atoms with Crippen molar-refractivity contribution in [2.75, 3.05) is 0 Å². The van der Waals surface area contributed by atoms with Gasteiger partial charge in [0.15, 0.2) is 0 Å². The minimum atomic E-state index is -0.998. The Kier molecular flexibility index (Phi) is 13.1. The van der Waals surface area contributed by atoms with Crippen molar-refractivity contribution in [3.63, 3.8) is 0 Å². The average molecular weight is 447 g/mol. The van der Waals surface area contributed by atoms with Crippen LogP contribution in [-0.2, 0) is 4.79 Å². The van der Waals surface area contributed by atoms with Crippen LogP contribution in [-0.4, -0.2) is 21.3 Å². The van der Waals surface area contributed by atoms with Crippen molar-refractivity contribution in [1.29, 1.82) is 0 Å². The van der Waals surface area contributed by atoms with Crippen LogP contribution in [0.15, 0.2) is 29.8 Å². The van der Waals surface area contributed by atoms with Gasteiger partial charge in [0.1, 0.15) is 11.5 Å². The molecule has 1 unspecified atom stereocenters. The smallest absolute Gasteiger partial charge is 0.311 e. The Morgan fingerprint density at radius 1 is 0.906 bits per heavy atom. The zero-order valence-corrected chi connectivity index (χ0v) is 20.9. The summed E-state index contributed by atoms with van der Waals surface area (Å²) >= 11 is 0. The molecule has 182 valence electrons. The second-order valence-corrected chi connectivity index (χ2v) is 10.3. The third-order valence-corrected chi connectivity index (χ3v) is 6.53. The number of carbonyl (C=O) groups is 1. The van der Waals surface area contributed by atoms with Crippen LogP contribution in [0, 0.1) is 17.8 Å². The lowest BCUT2D eigenvalue weighted by molar-refractivity contribution is -0.138.